The summed E-state index contributed by atoms with van der Waals surface area (Å²) in [6.45, 7) is 7.77. The van der Waals surface area contributed by atoms with Crippen LogP contribution in [0, 0.1) is 0 Å². The molecule has 4 aromatic carbocycles. The molecule has 0 unspecified atom stereocenters. The highest BCUT2D eigenvalue weighted by molar-refractivity contribution is 6.08. The van der Waals surface area contributed by atoms with Crippen LogP contribution in [0.1, 0.15) is 65.5 Å². The van der Waals surface area contributed by atoms with Crippen LogP contribution in [0.3, 0.4) is 0 Å². The molecular weight excluding hydrogens is 476 g/mol. The molecule has 0 aliphatic carbocycles. The number of carbonyl (C=O) groups is 2. The summed E-state index contributed by atoms with van der Waals surface area (Å²) in [6, 6.07) is 13.3. The predicted molar refractivity (Wildman–Crippen MR) is 139 cm³/mol. The van der Waals surface area contributed by atoms with Gasteiger partial charge in [-0.25, -0.2) is 9.59 Å². The smallest absolute Gasteiger partial charge is 0.340 e. The third-order valence-electron chi connectivity index (χ3n) is 6.66. The molecule has 0 radical (unpaired) electrons. The van der Waals surface area contributed by atoms with Gasteiger partial charge in [-0.05, 0) is 46.0 Å². The van der Waals surface area contributed by atoms with Gasteiger partial charge in [-0.3, -0.25) is 0 Å². The highest BCUT2D eigenvalue weighted by atomic mass is 16.5. The Morgan fingerprint density at radius 1 is 0.811 bits per heavy atom. The van der Waals surface area contributed by atoms with E-state index in [1.165, 1.54) is 6.07 Å². The number of aromatic carboxylic acids is 2. The molecule has 0 aromatic heterocycles. The van der Waals surface area contributed by atoms with Gasteiger partial charge in [-0.15, -0.1) is 0 Å². The number of aromatic hydroxyl groups is 3. The minimum atomic E-state index is -1.38. The Hall–Kier alpha value is -4.46. The molecule has 0 saturated carbocycles. The van der Waals surface area contributed by atoms with E-state index in [0.717, 1.165) is 5.56 Å². The molecule has 0 spiro atoms. The topological polar surface area (TPSA) is 145 Å². The van der Waals surface area contributed by atoms with Gasteiger partial charge in [-0.1, -0.05) is 58.0 Å². The Labute approximate surface area is 213 Å². The average molecular weight is 505 g/mol. The van der Waals surface area contributed by atoms with Crippen LogP contribution in [0.5, 0.6) is 23.0 Å². The molecule has 8 nitrogen and oxygen atoms in total. The fourth-order valence-electron chi connectivity index (χ4n) is 4.42. The molecule has 5 N–H and O–H groups in total. The summed E-state index contributed by atoms with van der Waals surface area (Å²) in [5.74, 6) is -4.12. The summed E-state index contributed by atoms with van der Waals surface area (Å²) in [5, 5.41) is 51.9. The molecule has 0 atom stereocenters. The van der Waals surface area contributed by atoms with Crippen LogP contribution in [-0.4, -0.2) is 44.1 Å². The van der Waals surface area contributed by atoms with E-state index in [9.17, 15) is 35.1 Å². The molecule has 192 valence electrons. The number of hydrogen-bond donors (Lipinski definition) is 5. The lowest BCUT2D eigenvalue weighted by atomic mass is 9.83. The molecule has 0 aliphatic heterocycles. The number of carboxylic acid groups (broad SMARTS) is 2. The Kier molecular flexibility index (Phi) is 6.37. The van der Waals surface area contributed by atoms with Crippen molar-refractivity contribution in [3.8, 4) is 23.0 Å². The number of fused-ring (bicyclic) bond motifs is 2. The largest absolute Gasteiger partial charge is 0.504 e. The first-order valence-electron chi connectivity index (χ1n) is 11.7. The molecule has 0 fully saturated rings. The number of phenols is 3. The van der Waals surface area contributed by atoms with Crippen molar-refractivity contribution in [2.75, 3.05) is 6.61 Å². The first kappa shape index (κ1) is 25.6. The molecule has 0 saturated heterocycles. The van der Waals surface area contributed by atoms with Gasteiger partial charge in [0.05, 0.1) is 6.61 Å². The number of phenolic OH excluding ortho intramolecular Hbond substituents is 1. The zero-order valence-electron chi connectivity index (χ0n) is 20.9. The van der Waals surface area contributed by atoms with Crippen LogP contribution >= 0.6 is 0 Å². The van der Waals surface area contributed by atoms with E-state index < -0.39 is 40.2 Å². The second-order valence-electron chi connectivity index (χ2n) is 10.1. The number of hydrogen-bond acceptors (Lipinski definition) is 6. The Balaban J connectivity index is 1.75. The van der Waals surface area contributed by atoms with Crippen LogP contribution in [0.15, 0.2) is 48.5 Å². The van der Waals surface area contributed by atoms with E-state index in [1.54, 1.807) is 30.3 Å². The van der Waals surface area contributed by atoms with Gasteiger partial charge in [0.2, 0.25) is 0 Å². The zero-order valence-corrected chi connectivity index (χ0v) is 20.9. The van der Waals surface area contributed by atoms with Crippen molar-refractivity contribution < 1.29 is 39.9 Å². The quantitative estimate of drug-likeness (QED) is 0.193. The van der Waals surface area contributed by atoms with Gasteiger partial charge >= 0.3 is 11.9 Å². The lowest BCUT2D eigenvalue weighted by Gasteiger charge is -2.26. The maximum Gasteiger partial charge on any atom is 0.340 e. The van der Waals surface area contributed by atoms with E-state index in [2.05, 4.69) is 0 Å². The molecule has 0 heterocycles. The average Bonchev–Trinajstić information content (AvgIpc) is 2.82. The Morgan fingerprint density at radius 3 is 2.08 bits per heavy atom. The van der Waals surface area contributed by atoms with E-state index >= 15 is 0 Å². The molecule has 0 amide bonds. The highest BCUT2D eigenvalue weighted by Crippen LogP contribution is 2.40. The van der Waals surface area contributed by atoms with Crippen LogP contribution in [0.25, 0.3) is 21.5 Å². The van der Waals surface area contributed by atoms with Crippen LogP contribution in [0.4, 0.5) is 0 Å². The predicted octanol–water partition coefficient (Wildman–Crippen LogP) is 5.99. The van der Waals surface area contributed by atoms with Crippen molar-refractivity contribution in [1.82, 2.24) is 0 Å². The first-order valence-corrected chi connectivity index (χ1v) is 11.7. The summed E-state index contributed by atoms with van der Waals surface area (Å²) < 4.78 is 5.97. The second kappa shape index (κ2) is 9.20. The lowest BCUT2D eigenvalue weighted by Crippen LogP contribution is -2.26. The van der Waals surface area contributed by atoms with Crippen molar-refractivity contribution in [2.24, 2.45) is 0 Å². The van der Waals surface area contributed by atoms with Crippen molar-refractivity contribution in [2.45, 2.75) is 39.0 Å². The Morgan fingerprint density at radius 2 is 1.46 bits per heavy atom. The molecule has 8 heteroatoms. The summed E-state index contributed by atoms with van der Waals surface area (Å²) in [7, 11) is 0. The van der Waals surface area contributed by atoms with Gasteiger partial charge in [-0.2, -0.15) is 0 Å². The molecule has 4 aromatic rings. The summed E-state index contributed by atoms with van der Waals surface area (Å²) >= 11 is 0. The fourth-order valence-corrected chi connectivity index (χ4v) is 4.42. The third kappa shape index (κ3) is 4.58. The van der Waals surface area contributed by atoms with Gasteiger partial charge in [0, 0.05) is 16.2 Å². The maximum absolute atomic E-state index is 12.0. The van der Waals surface area contributed by atoms with Gasteiger partial charge in [0.1, 0.15) is 11.1 Å². The van der Waals surface area contributed by atoms with Crippen molar-refractivity contribution in [3.05, 3.63) is 70.8 Å². The minimum absolute atomic E-state index is 0.0208. The minimum Gasteiger partial charge on any atom is -0.504 e. The van der Waals surface area contributed by atoms with Crippen LogP contribution < -0.4 is 4.74 Å². The molecule has 4 rings (SSSR count). The molecule has 0 aliphatic rings. The first-order chi connectivity index (χ1) is 17.3. The van der Waals surface area contributed by atoms with E-state index in [1.807, 2.05) is 39.8 Å². The zero-order chi connectivity index (χ0) is 27.2. The van der Waals surface area contributed by atoms with Crippen molar-refractivity contribution >= 4 is 33.5 Å². The Bertz CT molecular complexity index is 1570. The third-order valence-corrected chi connectivity index (χ3v) is 6.66. The van der Waals surface area contributed by atoms with Gasteiger partial charge in [0.15, 0.2) is 23.0 Å². The van der Waals surface area contributed by atoms with Crippen molar-refractivity contribution in [1.29, 1.82) is 0 Å². The summed E-state index contributed by atoms with van der Waals surface area (Å²) in [5.41, 5.74) is 0.316. The van der Waals surface area contributed by atoms with E-state index in [4.69, 9.17) is 4.74 Å². The van der Waals surface area contributed by atoms with Crippen LogP contribution in [-0.2, 0) is 5.41 Å². The maximum atomic E-state index is 12.0. The second-order valence-corrected chi connectivity index (χ2v) is 10.1. The number of ether oxygens (including phenoxy) is 1. The number of carboxylic acids is 2. The number of benzene rings is 4. The fraction of sp³-hybridized carbons (Fsp3) is 0.241. The normalized spacial score (nSPS) is 11.8. The van der Waals surface area contributed by atoms with Crippen LogP contribution in [0.2, 0.25) is 0 Å². The summed E-state index contributed by atoms with van der Waals surface area (Å²) in [6.07, 6.45) is 0. The van der Waals surface area contributed by atoms with E-state index in [-0.39, 0.29) is 29.2 Å². The lowest BCUT2D eigenvalue weighted by molar-refractivity contribution is 0.0683. The molecular formula is C29H28O8. The summed E-state index contributed by atoms with van der Waals surface area (Å²) in [4.78, 5) is 23.8. The van der Waals surface area contributed by atoms with Gasteiger partial charge < -0.3 is 30.3 Å². The standard InChI is InChI=1S/C29H28O8/c1-14(2)15-6-8-19-17(9-15)11-22(26(32)23(19)27(33)34)37-13-29(3,4)18-7-5-16-10-21(30)25(31)24(28(35)36)20(16)12-18/h5-12,14,30-32H,13H2,1-4H3,(H,33,34)(H,35,36). The monoisotopic (exact) mass is 504 g/mol. The molecule has 37 heavy (non-hydrogen) atoms. The highest BCUT2D eigenvalue weighted by Gasteiger charge is 2.27. The van der Waals surface area contributed by atoms with E-state index in [0.29, 0.717) is 21.7 Å². The SMILES string of the molecule is CC(C)c1ccc2c(C(=O)O)c(O)c(OCC(C)(C)c3ccc4cc(O)c(O)c(C(=O)O)c4c3)cc2c1. The number of rotatable bonds is 7. The van der Waals surface area contributed by atoms with Gasteiger partial charge in [0.25, 0.3) is 0 Å². The molecule has 0 bridgehead atoms. The van der Waals surface area contributed by atoms with Crippen molar-refractivity contribution in [3.63, 3.8) is 0 Å².